The molecule has 2 aromatic carbocycles. The number of rotatable bonds is 8. The summed E-state index contributed by atoms with van der Waals surface area (Å²) in [7, 11) is 0. The molecular formula is C20H23BrN2O8S2. The summed E-state index contributed by atoms with van der Waals surface area (Å²) < 4.78 is 9.26. The van der Waals surface area contributed by atoms with Crippen molar-refractivity contribution < 1.29 is 28.9 Å². The SMILES string of the molecule is CCOC(=O)CBr.CCOC(=O)CSc1ccc([N+](=O)[O-])cc1.O=[N+]([O-])c1ccc(S)cc1. The second kappa shape index (κ2) is 17.9. The van der Waals surface area contributed by atoms with Crippen molar-refractivity contribution in [3.63, 3.8) is 0 Å². The molecule has 0 N–H and O–H groups in total. The molecule has 0 saturated heterocycles. The van der Waals surface area contributed by atoms with E-state index in [-0.39, 0.29) is 29.1 Å². The second-order valence-electron chi connectivity index (χ2n) is 5.56. The first-order valence-electron chi connectivity index (χ1n) is 9.32. The van der Waals surface area contributed by atoms with Crippen LogP contribution in [0.15, 0.2) is 58.3 Å². The largest absolute Gasteiger partial charge is 0.465 e. The van der Waals surface area contributed by atoms with E-state index in [1.165, 1.54) is 36.0 Å². The lowest BCUT2D eigenvalue weighted by Gasteiger charge is -2.01. The molecule has 0 aliphatic heterocycles. The zero-order valence-corrected chi connectivity index (χ0v) is 21.1. The molecule has 33 heavy (non-hydrogen) atoms. The Hall–Kier alpha value is -2.64. The van der Waals surface area contributed by atoms with Crippen molar-refractivity contribution in [1.29, 1.82) is 0 Å². The summed E-state index contributed by atoms with van der Waals surface area (Å²) in [5.41, 5.74) is 0.137. The normalized spacial score (nSPS) is 9.33. The van der Waals surface area contributed by atoms with Gasteiger partial charge in [-0.1, -0.05) is 15.9 Å². The van der Waals surface area contributed by atoms with Crippen LogP contribution in [0.2, 0.25) is 0 Å². The highest BCUT2D eigenvalue weighted by atomic mass is 79.9. The first-order valence-corrected chi connectivity index (χ1v) is 11.9. The molecule has 0 saturated carbocycles. The van der Waals surface area contributed by atoms with Gasteiger partial charge in [-0.05, 0) is 38.1 Å². The van der Waals surface area contributed by atoms with Gasteiger partial charge >= 0.3 is 11.9 Å². The van der Waals surface area contributed by atoms with Gasteiger partial charge in [-0.3, -0.25) is 29.8 Å². The average molecular weight is 563 g/mol. The van der Waals surface area contributed by atoms with E-state index in [1.807, 2.05) is 0 Å². The van der Waals surface area contributed by atoms with Gasteiger partial charge in [0.25, 0.3) is 11.4 Å². The molecule has 180 valence electrons. The maximum atomic E-state index is 11.0. The summed E-state index contributed by atoms with van der Waals surface area (Å²) in [6.45, 7) is 4.35. The van der Waals surface area contributed by atoms with Gasteiger partial charge in [0.1, 0.15) is 5.33 Å². The number of alkyl halides is 1. The summed E-state index contributed by atoms with van der Waals surface area (Å²) in [4.78, 5) is 42.3. The van der Waals surface area contributed by atoms with Crippen molar-refractivity contribution in [2.75, 3.05) is 24.3 Å². The Balaban J connectivity index is 0.000000514. The van der Waals surface area contributed by atoms with E-state index in [9.17, 15) is 29.8 Å². The van der Waals surface area contributed by atoms with Crippen LogP contribution in [0.1, 0.15) is 13.8 Å². The molecule has 10 nitrogen and oxygen atoms in total. The number of nitro groups is 2. The number of nitro benzene ring substituents is 2. The van der Waals surface area contributed by atoms with E-state index >= 15 is 0 Å². The molecule has 0 aromatic heterocycles. The number of esters is 2. The highest BCUT2D eigenvalue weighted by molar-refractivity contribution is 9.09. The molecule has 0 aliphatic rings. The average Bonchev–Trinajstić information content (AvgIpc) is 2.79. The van der Waals surface area contributed by atoms with E-state index in [0.717, 1.165) is 9.79 Å². The lowest BCUT2D eigenvalue weighted by molar-refractivity contribution is -0.385. The van der Waals surface area contributed by atoms with Crippen LogP contribution >= 0.6 is 40.3 Å². The van der Waals surface area contributed by atoms with Gasteiger partial charge < -0.3 is 9.47 Å². The van der Waals surface area contributed by atoms with Crippen molar-refractivity contribution in [1.82, 2.24) is 0 Å². The fraction of sp³-hybridized carbons (Fsp3) is 0.300. The number of benzene rings is 2. The predicted octanol–water partition coefficient (Wildman–Crippen LogP) is 5.08. The van der Waals surface area contributed by atoms with E-state index in [0.29, 0.717) is 18.5 Å². The Morgan fingerprint density at radius 3 is 1.67 bits per heavy atom. The molecule has 2 rings (SSSR count). The van der Waals surface area contributed by atoms with Crippen molar-refractivity contribution in [3.8, 4) is 0 Å². The Labute approximate surface area is 208 Å². The maximum absolute atomic E-state index is 11.0. The number of thioether (sulfide) groups is 1. The van der Waals surface area contributed by atoms with Gasteiger partial charge in [0.2, 0.25) is 0 Å². The molecule has 0 radical (unpaired) electrons. The van der Waals surface area contributed by atoms with Crippen LogP contribution in [0.4, 0.5) is 11.4 Å². The monoisotopic (exact) mass is 562 g/mol. The summed E-state index contributed by atoms with van der Waals surface area (Å²) >= 11 is 8.21. The van der Waals surface area contributed by atoms with E-state index in [2.05, 4.69) is 33.3 Å². The quantitative estimate of drug-likeness (QED) is 0.116. The van der Waals surface area contributed by atoms with Crippen molar-refractivity contribution in [3.05, 3.63) is 68.8 Å². The van der Waals surface area contributed by atoms with Crippen LogP contribution < -0.4 is 0 Å². The Kier molecular flexibility index (Phi) is 16.4. The molecule has 0 aliphatic carbocycles. The van der Waals surface area contributed by atoms with Crippen LogP contribution in [0.3, 0.4) is 0 Å². The second-order valence-corrected chi connectivity index (χ2v) is 7.68. The van der Waals surface area contributed by atoms with Crippen molar-refractivity contribution in [2.45, 2.75) is 23.6 Å². The number of ether oxygens (including phenoxy) is 2. The third-order valence-corrected chi connectivity index (χ3v) is 4.93. The van der Waals surface area contributed by atoms with Crippen LogP contribution in [0.5, 0.6) is 0 Å². The minimum atomic E-state index is -0.459. The zero-order chi connectivity index (χ0) is 25.2. The summed E-state index contributed by atoms with van der Waals surface area (Å²) in [5, 5.41) is 20.8. The standard InChI is InChI=1S/C10H11NO4S.C6H5NO2S.C4H7BrO2/c1-2-15-10(12)7-16-9-5-3-8(4-6-9)11(13)14;8-7(9)5-1-3-6(10)4-2-5;1-2-7-4(6)3-5/h3-6H,2,7H2,1H3;1-4,10H;2-3H2,1H3. The third kappa shape index (κ3) is 14.9. The van der Waals surface area contributed by atoms with Crippen molar-refractivity contribution in [2.24, 2.45) is 0 Å². The fourth-order valence-electron chi connectivity index (χ4n) is 1.78. The summed E-state index contributed by atoms with van der Waals surface area (Å²) in [6, 6.07) is 12.1. The molecule has 0 fully saturated rings. The molecule has 0 spiro atoms. The third-order valence-electron chi connectivity index (χ3n) is 3.18. The van der Waals surface area contributed by atoms with Gasteiger partial charge in [-0.25, -0.2) is 0 Å². The van der Waals surface area contributed by atoms with Crippen LogP contribution in [-0.4, -0.2) is 46.1 Å². The number of hydrogen-bond donors (Lipinski definition) is 1. The minimum Gasteiger partial charge on any atom is -0.465 e. The molecule has 13 heteroatoms. The molecule has 0 heterocycles. The first-order chi connectivity index (χ1) is 15.6. The highest BCUT2D eigenvalue weighted by Gasteiger charge is 2.06. The van der Waals surface area contributed by atoms with Crippen molar-refractivity contribution >= 4 is 63.6 Å². The topological polar surface area (TPSA) is 139 Å². The first kappa shape index (κ1) is 30.4. The maximum Gasteiger partial charge on any atom is 0.316 e. The molecule has 0 bridgehead atoms. The Morgan fingerprint density at radius 2 is 1.30 bits per heavy atom. The number of carbonyl (C=O) groups excluding carboxylic acids is 2. The number of carbonyl (C=O) groups is 2. The van der Waals surface area contributed by atoms with Gasteiger partial charge in [0.15, 0.2) is 0 Å². The molecular weight excluding hydrogens is 540 g/mol. The van der Waals surface area contributed by atoms with Gasteiger partial charge in [-0.2, -0.15) is 0 Å². The number of hydrogen-bond acceptors (Lipinski definition) is 10. The molecule has 2 aromatic rings. The fourth-order valence-corrected chi connectivity index (χ4v) is 2.79. The van der Waals surface area contributed by atoms with Gasteiger partial charge in [0.05, 0.1) is 28.8 Å². The van der Waals surface area contributed by atoms with Crippen LogP contribution in [-0.2, 0) is 19.1 Å². The Bertz CT molecular complexity index is 896. The number of thiol groups is 1. The summed E-state index contributed by atoms with van der Waals surface area (Å²) in [6.07, 6.45) is 0. The van der Waals surface area contributed by atoms with Gasteiger partial charge in [0, 0.05) is 34.1 Å². The highest BCUT2D eigenvalue weighted by Crippen LogP contribution is 2.21. The van der Waals surface area contributed by atoms with Crippen LogP contribution in [0, 0.1) is 20.2 Å². The lowest BCUT2D eigenvalue weighted by atomic mass is 10.3. The number of nitrogens with zero attached hydrogens (tertiary/aromatic N) is 2. The minimum absolute atomic E-state index is 0.0421. The smallest absolute Gasteiger partial charge is 0.316 e. The van der Waals surface area contributed by atoms with Gasteiger partial charge in [-0.15, -0.1) is 24.4 Å². The summed E-state index contributed by atoms with van der Waals surface area (Å²) in [5.74, 6) is -0.278. The Morgan fingerprint density at radius 1 is 0.879 bits per heavy atom. The number of halogens is 1. The predicted molar refractivity (Wildman–Crippen MR) is 131 cm³/mol. The molecule has 0 amide bonds. The van der Waals surface area contributed by atoms with E-state index in [4.69, 9.17) is 4.74 Å². The molecule has 0 atom stereocenters. The lowest BCUT2D eigenvalue weighted by Crippen LogP contribution is -2.06. The molecule has 0 unspecified atom stereocenters. The zero-order valence-electron chi connectivity index (χ0n) is 17.8. The van der Waals surface area contributed by atoms with Crippen LogP contribution in [0.25, 0.3) is 0 Å². The van der Waals surface area contributed by atoms with E-state index in [1.54, 1.807) is 38.1 Å². The number of non-ortho nitro benzene ring substituents is 2. The van der Waals surface area contributed by atoms with E-state index < -0.39 is 9.85 Å².